The molecule has 1 saturated heterocycles. The van der Waals surface area contributed by atoms with E-state index in [1.54, 1.807) is 13.0 Å². The van der Waals surface area contributed by atoms with E-state index in [4.69, 9.17) is 7.10 Å². The fraction of sp³-hybridized carbons (Fsp3) is 0.387. The summed E-state index contributed by atoms with van der Waals surface area (Å²) < 4.78 is 103. The van der Waals surface area contributed by atoms with Crippen LogP contribution in [0.2, 0.25) is 0 Å². The normalized spacial score (nSPS) is 19.5. The van der Waals surface area contributed by atoms with Crippen molar-refractivity contribution in [3.63, 3.8) is 0 Å². The largest absolute Gasteiger partial charge is 0.416 e. The number of likely N-dealkylation sites (N-methyl/N-ethyl adjacent to an activating group) is 1. The number of nitrogens with two attached hydrogens (primary N) is 1. The lowest BCUT2D eigenvalue weighted by molar-refractivity contribution is -0.143. The average Bonchev–Trinajstić information content (AvgIpc) is 3.41. The fourth-order valence-corrected chi connectivity index (χ4v) is 5.32. The molecule has 1 aliphatic heterocycles. The summed E-state index contributed by atoms with van der Waals surface area (Å²) in [6, 6.07) is 6.07. The Balaban J connectivity index is 1.82. The third-order valence-electron chi connectivity index (χ3n) is 8.03. The zero-order valence-corrected chi connectivity index (χ0v) is 24.3. The highest BCUT2D eigenvalue weighted by atomic mass is 19.4. The summed E-state index contributed by atoms with van der Waals surface area (Å²) in [7, 11) is 1.31. The van der Waals surface area contributed by atoms with Gasteiger partial charge in [0, 0.05) is 14.0 Å². The number of nitrogens with zero attached hydrogens (tertiary/aromatic N) is 2. The predicted octanol–water partition coefficient (Wildman–Crippen LogP) is 6.84. The molecular weight excluding hydrogens is 593 g/mol. The van der Waals surface area contributed by atoms with Gasteiger partial charge in [-0.25, -0.2) is 4.39 Å². The molecule has 0 spiro atoms. The Morgan fingerprint density at radius 3 is 2.09 bits per heavy atom. The van der Waals surface area contributed by atoms with Gasteiger partial charge in [-0.1, -0.05) is 6.07 Å². The number of amides is 2. The minimum absolute atomic E-state index is 0.00344. The molecule has 0 bridgehead atoms. The van der Waals surface area contributed by atoms with Crippen LogP contribution < -0.4 is 16.0 Å². The molecule has 1 aromatic heterocycles. The summed E-state index contributed by atoms with van der Waals surface area (Å²) >= 11 is 0. The van der Waals surface area contributed by atoms with Gasteiger partial charge in [-0.15, -0.1) is 0 Å². The molecule has 3 N–H and O–H groups in total. The van der Waals surface area contributed by atoms with Crippen molar-refractivity contribution < 1.29 is 41.7 Å². The number of alkyl halides is 6. The number of nitrogens with one attached hydrogen (secondary N) is 1. The zero-order valence-electron chi connectivity index (χ0n) is 25.3. The number of halogens is 7. The molecule has 0 radical (unpaired) electrons. The number of pyridine rings is 1. The van der Waals surface area contributed by atoms with Gasteiger partial charge in [0.25, 0.3) is 0 Å². The van der Waals surface area contributed by atoms with E-state index in [1.165, 1.54) is 45.3 Å². The molecule has 2 heterocycles. The molecule has 1 aliphatic rings. The van der Waals surface area contributed by atoms with Crippen LogP contribution >= 0.6 is 0 Å². The highest BCUT2D eigenvalue weighted by Gasteiger charge is 2.42. The third-order valence-corrected chi connectivity index (χ3v) is 8.03. The molecule has 2 aromatic carbocycles. The lowest BCUT2D eigenvalue weighted by Crippen LogP contribution is -2.49. The van der Waals surface area contributed by atoms with Gasteiger partial charge in [-0.3, -0.25) is 19.9 Å². The Morgan fingerprint density at radius 2 is 1.59 bits per heavy atom. The van der Waals surface area contributed by atoms with Crippen LogP contribution in [0.3, 0.4) is 0 Å². The first-order chi connectivity index (χ1) is 20.7. The Labute approximate surface area is 250 Å². The molecule has 4 rings (SSSR count). The van der Waals surface area contributed by atoms with Crippen molar-refractivity contribution in [2.24, 2.45) is 5.73 Å². The van der Waals surface area contributed by atoms with E-state index < -0.39 is 63.7 Å². The second-order valence-corrected chi connectivity index (χ2v) is 11.6. The molecule has 6 nitrogen and oxygen atoms in total. The lowest BCUT2D eigenvalue weighted by atomic mass is 9.81. The smallest absolute Gasteiger partial charge is 0.368 e. The fourth-order valence-electron chi connectivity index (χ4n) is 5.32. The van der Waals surface area contributed by atoms with E-state index in [9.17, 15) is 40.3 Å². The number of primary amides is 1. The van der Waals surface area contributed by atoms with Gasteiger partial charge < -0.3 is 10.6 Å². The average molecular weight is 626 g/mol. The molecular formula is C31H31F7N4O2. The first-order valence-electron chi connectivity index (χ1n) is 14.1. The Morgan fingerprint density at radius 1 is 1.00 bits per heavy atom. The van der Waals surface area contributed by atoms with E-state index in [-0.39, 0.29) is 25.1 Å². The number of hydrogen-bond donors (Lipinski definition) is 2. The quantitative estimate of drug-likeness (QED) is 0.294. The summed E-state index contributed by atoms with van der Waals surface area (Å²) in [6.07, 6.45) is -8.21. The first kappa shape index (κ1) is 31.4. The maximum Gasteiger partial charge on any atom is 0.416 e. The van der Waals surface area contributed by atoms with Crippen LogP contribution in [-0.4, -0.2) is 29.4 Å². The summed E-state index contributed by atoms with van der Waals surface area (Å²) in [6.45, 7) is 3.76. The van der Waals surface area contributed by atoms with Crippen molar-refractivity contribution in [1.82, 2.24) is 10.3 Å². The molecule has 2 atom stereocenters. The number of hydrogen-bond acceptors (Lipinski definition) is 4. The third kappa shape index (κ3) is 6.28. The SMILES string of the molecule is [2H]C[C@@]1(C(N)=O)CC[C@@H](c2cc(-c3ccc(F)cc3C)c(N(C)C(=O)C(C)(C)c3cc(C(F)(F)F)cc(C(F)(F)F)c3)cn2)N1. The van der Waals surface area contributed by atoms with Crippen molar-refractivity contribution in [2.75, 3.05) is 11.9 Å². The van der Waals surface area contributed by atoms with E-state index in [1.807, 2.05) is 0 Å². The van der Waals surface area contributed by atoms with Crippen LogP contribution in [0.15, 0.2) is 48.7 Å². The van der Waals surface area contributed by atoms with Gasteiger partial charge in [0.05, 0.1) is 45.7 Å². The van der Waals surface area contributed by atoms with E-state index in [0.29, 0.717) is 40.9 Å². The minimum atomic E-state index is -5.10. The van der Waals surface area contributed by atoms with E-state index >= 15 is 0 Å². The molecule has 44 heavy (non-hydrogen) atoms. The monoisotopic (exact) mass is 625 g/mol. The Kier molecular flexibility index (Phi) is 7.98. The second kappa shape index (κ2) is 11.2. The number of carbonyl (C=O) groups excluding carboxylic acids is 2. The summed E-state index contributed by atoms with van der Waals surface area (Å²) in [5.74, 6) is -2.06. The van der Waals surface area contributed by atoms with Crippen LogP contribution in [0.5, 0.6) is 0 Å². The number of benzene rings is 2. The maximum absolute atomic E-state index is 14.0. The van der Waals surface area contributed by atoms with Gasteiger partial charge >= 0.3 is 12.4 Å². The van der Waals surface area contributed by atoms with Gasteiger partial charge in [0.1, 0.15) is 5.82 Å². The molecule has 13 heteroatoms. The zero-order chi connectivity index (χ0) is 33.7. The van der Waals surface area contributed by atoms with Gasteiger partial charge in [0.2, 0.25) is 11.8 Å². The maximum atomic E-state index is 14.0. The van der Waals surface area contributed by atoms with Gasteiger partial charge in [-0.05, 0) is 93.6 Å². The molecule has 3 aromatic rings. The number of aryl methyl sites for hydroxylation is 1. The van der Waals surface area contributed by atoms with Crippen LogP contribution in [0.1, 0.15) is 68.9 Å². The second-order valence-electron chi connectivity index (χ2n) is 11.6. The summed E-state index contributed by atoms with van der Waals surface area (Å²) in [5.41, 5.74) is 0.677. The van der Waals surface area contributed by atoms with Crippen molar-refractivity contribution in [3.8, 4) is 11.1 Å². The number of rotatable bonds is 6. The molecule has 0 saturated carbocycles. The predicted molar refractivity (Wildman–Crippen MR) is 150 cm³/mol. The molecule has 236 valence electrons. The standard InChI is InChI=1S/C31H31F7N4O2/c1-16-10-20(32)6-7-21(16)22-14-24(23-8-9-29(4,41-23)26(39)43)40-15-25(22)42(5)27(44)28(2,3)17-11-18(30(33,34)35)13-19(12-17)31(36,37)38/h6-7,10-15,23,41H,8-9H2,1-5H3,(H2,39,43)/t23-,29-/m0/s1/i4D. The molecule has 2 amide bonds. The number of aromatic nitrogens is 1. The molecule has 1 fully saturated rings. The topological polar surface area (TPSA) is 88.3 Å². The van der Waals surface area contributed by atoms with Crippen molar-refractivity contribution in [2.45, 2.75) is 69.9 Å². The van der Waals surface area contributed by atoms with Crippen LogP contribution in [0.25, 0.3) is 11.1 Å². The Bertz CT molecular complexity index is 1610. The highest BCUT2D eigenvalue weighted by molar-refractivity contribution is 6.03. The number of anilines is 1. The summed E-state index contributed by atoms with van der Waals surface area (Å²) in [5, 5.41) is 3.08. The molecule has 0 unspecified atom stereocenters. The van der Waals surface area contributed by atoms with Crippen molar-refractivity contribution >= 4 is 17.5 Å². The minimum Gasteiger partial charge on any atom is -0.368 e. The van der Waals surface area contributed by atoms with Crippen LogP contribution in [0, 0.1) is 12.7 Å². The first-order valence-corrected chi connectivity index (χ1v) is 13.4. The molecule has 0 aliphatic carbocycles. The van der Waals surface area contributed by atoms with Crippen molar-refractivity contribution in [3.05, 3.63) is 82.4 Å². The summed E-state index contributed by atoms with van der Waals surface area (Å²) in [4.78, 5) is 31.6. The number of carbonyl (C=O) groups is 2. The van der Waals surface area contributed by atoms with Gasteiger partial charge in [0.15, 0.2) is 0 Å². The van der Waals surface area contributed by atoms with E-state index in [0.717, 1.165) is 4.90 Å². The van der Waals surface area contributed by atoms with E-state index in [2.05, 4.69) is 10.3 Å². The van der Waals surface area contributed by atoms with Crippen LogP contribution in [-0.2, 0) is 27.4 Å². The van der Waals surface area contributed by atoms with Crippen molar-refractivity contribution in [1.29, 1.82) is 0 Å². The van der Waals surface area contributed by atoms with Gasteiger partial charge in [-0.2, -0.15) is 26.3 Å². The lowest BCUT2D eigenvalue weighted by Gasteiger charge is -2.32. The van der Waals surface area contributed by atoms with Crippen LogP contribution in [0.4, 0.5) is 36.4 Å². The highest BCUT2D eigenvalue weighted by Crippen LogP contribution is 2.42. The Hall–Kier alpha value is -4.00.